The largest absolute Gasteiger partial charge is 0.503 e. The molecule has 6 rings (SSSR count). The van der Waals surface area contributed by atoms with Crippen LogP contribution in [-0.4, -0.2) is 53.9 Å². The van der Waals surface area contributed by atoms with E-state index in [1.165, 1.54) is 12.0 Å². The minimum atomic E-state index is -1.25. The Morgan fingerprint density at radius 2 is 1.73 bits per heavy atom. The Morgan fingerprint density at radius 3 is 2.39 bits per heavy atom. The van der Waals surface area contributed by atoms with Crippen LogP contribution >= 0.6 is 15.9 Å². The second-order valence-electron chi connectivity index (χ2n) is 11.0. The minimum absolute atomic E-state index is 0.118. The number of imide groups is 4. The van der Waals surface area contributed by atoms with Crippen LogP contribution in [0.3, 0.4) is 0 Å². The van der Waals surface area contributed by atoms with Gasteiger partial charge in [0.2, 0.25) is 23.6 Å². The van der Waals surface area contributed by atoms with Gasteiger partial charge < -0.3 is 14.6 Å². The van der Waals surface area contributed by atoms with E-state index in [1.54, 1.807) is 49.4 Å². The number of phenolic OH excluding ortho intramolecular Hbond substituents is 1. The summed E-state index contributed by atoms with van der Waals surface area (Å²) in [6, 6.07) is 12.0. The number of aromatic hydroxyl groups is 1. The molecule has 1 N–H and O–H groups in total. The maximum absolute atomic E-state index is 14.4. The zero-order valence-electron chi connectivity index (χ0n) is 22.5. The Bertz CT molecular complexity index is 1550. The van der Waals surface area contributed by atoms with Gasteiger partial charge >= 0.3 is 6.09 Å². The average molecular weight is 623 g/mol. The van der Waals surface area contributed by atoms with Gasteiger partial charge in [0.15, 0.2) is 11.5 Å². The van der Waals surface area contributed by atoms with Crippen molar-refractivity contribution in [2.24, 2.45) is 29.1 Å². The first-order chi connectivity index (χ1) is 19.6. The lowest BCUT2D eigenvalue weighted by Gasteiger charge is -2.49. The fraction of sp³-hybridized carbons (Fsp3) is 0.367. The molecule has 2 aromatic carbocycles. The van der Waals surface area contributed by atoms with Gasteiger partial charge in [-0.25, -0.2) is 9.69 Å². The van der Waals surface area contributed by atoms with E-state index < -0.39 is 52.9 Å². The van der Waals surface area contributed by atoms with Gasteiger partial charge in [-0.2, -0.15) is 4.90 Å². The van der Waals surface area contributed by atoms with Gasteiger partial charge in [0.1, 0.15) is 0 Å². The Balaban J connectivity index is 1.55. The molecule has 11 heteroatoms. The Kier molecular flexibility index (Phi) is 6.33. The number of ether oxygens (including phenoxy) is 2. The molecule has 5 amide bonds. The maximum atomic E-state index is 14.4. The maximum Gasteiger partial charge on any atom is 0.423 e. The predicted octanol–water partition coefficient (Wildman–Crippen LogP) is 4.16. The van der Waals surface area contributed by atoms with Crippen LogP contribution in [0.2, 0.25) is 0 Å². The molecule has 6 atom stereocenters. The number of halogens is 1. The van der Waals surface area contributed by atoms with E-state index in [9.17, 15) is 29.1 Å². The molecular formula is C30H27BrN2O8. The summed E-state index contributed by atoms with van der Waals surface area (Å²) in [5.41, 5.74) is 0.539. The molecule has 2 aliphatic heterocycles. The summed E-state index contributed by atoms with van der Waals surface area (Å²) in [6.45, 7) is 1.77. The Labute approximate surface area is 244 Å². The number of nitrogens with zero attached hydrogens (tertiary/aromatic N) is 2. The average Bonchev–Trinajstić information content (AvgIpc) is 3.34. The summed E-state index contributed by atoms with van der Waals surface area (Å²) in [6.07, 6.45) is 1.17. The number of carbonyl (C=O) groups excluding carboxylic acids is 5. The minimum Gasteiger partial charge on any atom is -0.503 e. The molecule has 0 spiro atoms. The highest BCUT2D eigenvalue weighted by Gasteiger charge is 2.68. The summed E-state index contributed by atoms with van der Waals surface area (Å²) in [7, 11) is 2.52. The number of allylic oxidation sites excluding steroid dienone is 2. The van der Waals surface area contributed by atoms with Crippen molar-refractivity contribution >= 4 is 51.3 Å². The summed E-state index contributed by atoms with van der Waals surface area (Å²) in [5, 5.41) is 10.5. The Morgan fingerprint density at radius 1 is 1.02 bits per heavy atom. The van der Waals surface area contributed by atoms with Gasteiger partial charge in [0.25, 0.3) is 0 Å². The number of benzene rings is 2. The summed E-state index contributed by atoms with van der Waals surface area (Å²) in [4.78, 5) is 69.4. The van der Waals surface area contributed by atoms with Gasteiger partial charge in [-0.1, -0.05) is 29.8 Å². The molecule has 41 heavy (non-hydrogen) atoms. The molecule has 0 unspecified atom stereocenters. The first kappa shape index (κ1) is 27.2. The smallest absolute Gasteiger partial charge is 0.423 e. The second kappa shape index (κ2) is 9.54. The molecule has 2 saturated heterocycles. The van der Waals surface area contributed by atoms with E-state index in [2.05, 4.69) is 15.9 Å². The van der Waals surface area contributed by atoms with E-state index in [1.807, 2.05) is 6.08 Å². The van der Waals surface area contributed by atoms with E-state index in [-0.39, 0.29) is 36.2 Å². The number of phenols is 1. The van der Waals surface area contributed by atoms with Crippen LogP contribution in [-0.2, 0) is 23.9 Å². The standard InChI is InChI=1S/C30H27BrN2O8/c1-30-19(26(36)32(28(30)38)15-7-5-4-6-8-15)13-18-16(23(30)14-11-20(31)24(34)21(12-14)40-2)9-10-17-22(18)27(37)33(25(17)35)29(39)41-3/h4-9,11-12,17-19,22-23,34H,10,13H2,1-3H3/t17-,18+,19-,22-,23-,30+/m0/s1. The number of hydrogen-bond acceptors (Lipinski definition) is 8. The molecule has 0 bridgehead atoms. The number of fused-ring (bicyclic) bond motifs is 4. The van der Waals surface area contributed by atoms with E-state index in [0.717, 1.165) is 12.7 Å². The summed E-state index contributed by atoms with van der Waals surface area (Å²) >= 11 is 3.38. The molecule has 2 heterocycles. The van der Waals surface area contributed by atoms with Crippen LogP contribution in [0.25, 0.3) is 0 Å². The fourth-order valence-electron chi connectivity index (χ4n) is 7.41. The molecule has 2 aromatic rings. The Hall–Kier alpha value is -3.99. The number of para-hydroxylation sites is 1. The second-order valence-corrected chi connectivity index (χ2v) is 11.9. The van der Waals surface area contributed by atoms with E-state index in [0.29, 0.717) is 20.6 Å². The van der Waals surface area contributed by atoms with Crippen molar-refractivity contribution < 1.29 is 38.6 Å². The molecule has 0 radical (unpaired) electrons. The highest BCUT2D eigenvalue weighted by Crippen LogP contribution is 2.64. The van der Waals surface area contributed by atoms with Crippen LogP contribution in [0.15, 0.2) is 58.6 Å². The highest BCUT2D eigenvalue weighted by atomic mass is 79.9. The molecule has 2 aliphatic carbocycles. The molecular weight excluding hydrogens is 596 g/mol. The number of anilines is 1. The van der Waals surface area contributed by atoms with Crippen molar-refractivity contribution in [1.82, 2.24) is 4.90 Å². The van der Waals surface area contributed by atoms with Crippen LogP contribution in [0, 0.1) is 29.1 Å². The quantitative estimate of drug-likeness (QED) is 0.399. The third kappa shape index (κ3) is 3.64. The molecule has 1 saturated carbocycles. The fourth-order valence-corrected chi connectivity index (χ4v) is 7.87. The van der Waals surface area contributed by atoms with Crippen molar-refractivity contribution in [1.29, 1.82) is 0 Å². The van der Waals surface area contributed by atoms with Gasteiger partial charge in [-0.15, -0.1) is 0 Å². The van der Waals surface area contributed by atoms with Crippen molar-refractivity contribution in [3.63, 3.8) is 0 Å². The number of rotatable bonds is 3. The first-order valence-corrected chi connectivity index (χ1v) is 14.0. The SMILES string of the molecule is COC(=O)N1C(=O)[C@H]2[C@H](CC=C3[C@H]2C[C@H]2C(=O)N(c4ccccc4)C(=O)[C@@]2(C)[C@H]3c2cc(Br)c(O)c(OC)c2)C1=O. The first-order valence-electron chi connectivity index (χ1n) is 13.2. The van der Waals surface area contributed by atoms with Crippen LogP contribution in [0.4, 0.5) is 10.5 Å². The number of hydrogen-bond donors (Lipinski definition) is 1. The van der Waals surface area contributed by atoms with Gasteiger partial charge in [-0.3, -0.25) is 19.2 Å². The van der Waals surface area contributed by atoms with Crippen molar-refractivity contribution in [3.05, 3.63) is 64.1 Å². The van der Waals surface area contributed by atoms with Crippen LogP contribution in [0.5, 0.6) is 11.5 Å². The lowest BCUT2D eigenvalue weighted by atomic mass is 9.51. The van der Waals surface area contributed by atoms with E-state index >= 15 is 0 Å². The topological polar surface area (TPSA) is 131 Å². The predicted molar refractivity (Wildman–Crippen MR) is 148 cm³/mol. The molecule has 3 fully saturated rings. The van der Waals surface area contributed by atoms with Crippen LogP contribution in [0.1, 0.15) is 31.2 Å². The highest BCUT2D eigenvalue weighted by molar-refractivity contribution is 9.10. The van der Waals surface area contributed by atoms with E-state index in [4.69, 9.17) is 9.47 Å². The molecule has 212 valence electrons. The summed E-state index contributed by atoms with van der Waals surface area (Å²) in [5.74, 6) is -5.77. The molecule has 0 aromatic heterocycles. The zero-order valence-corrected chi connectivity index (χ0v) is 24.1. The van der Waals surface area contributed by atoms with Crippen molar-refractivity contribution in [2.45, 2.75) is 25.7 Å². The monoisotopic (exact) mass is 622 g/mol. The lowest BCUT2D eigenvalue weighted by molar-refractivity contribution is -0.138. The summed E-state index contributed by atoms with van der Waals surface area (Å²) < 4.78 is 10.5. The number of carbonyl (C=O) groups is 5. The normalized spacial score (nSPS) is 30.5. The lowest BCUT2D eigenvalue weighted by Crippen LogP contribution is -2.49. The number of amides is 5. The number of likely N-dealkylation sites (tertiary alicyclic amines) is 1. The van der Waals surface area contributed by atoms with Gasteiger partial charge in [0.05, 0.1) is 47.5 Å². The van der Waals surface area contributed by atoms with Gasteiger partial charge in [-0.05, 0) is 71.4 Å². The van der Waals surface area contributed by atoms with Crippen molar-refractivity contribution in [3.8, 4) is 11.5 Å². The third-order valence-corrected chi connectivity index (χ3v) is 9.85. The third-order valence-electron chi connectivity index (χ3n) is 9.25. The van der Waals surface area contributed by atoms with Gasteiger partial charge in [0, 0.05) is 5.92 Å². The molecule has 10 nitrogen and oxygen atoms in total. The van der Waals surface area contributed by atoms with Crippen molar-refractivity contribution in [2.75, 3.05) is 19.1 Å². The zero-order chi connectivity index (χ0) is 29.4. The molecule has 4 aliphatic rings. The number of methoxy groups -OCH3 is 2. The van der Waals surface area contributed by atoms with Crippen LogP contribution < -0.4 is 9.64 Å².